The fourth-order valence-corrected chi connectivity index (χ4v) is 0.623. The highest BCUT2D eigenvalue weighted by Gasteiger charge is 2.06. The van der Waals surface area contributed by atoms with Gasteiger partial charge in [0.2, 0.25) is 0 Å². The molecule has 0 amide bonds. The Hall–Kier alpha value is -0.860. The summed E-state index contributed by atoms with van der Waals surface area (Å²) in [5.41, 5.74) is 0.780. The van der Waals surface area contributed by atoms with Crippen LogP contribution in [0.1, 0.15) is 20.8 Å². The van der Waals surface area contributed by atoms with Crippen LogP contribution in [0.3, 0.4) is 0 Å². The van der Waals surface area contributed by atoms with Crippen LogP contribution in [-0.2, 0) is 0 Å². The minimum atomic E-state index is 0.132. The van der Waals surface area contributed by atoms with Gasteiger partial charge in [0.25, 0.3) is 0 Å². The van der Waals surface area contributed by atoms with Crippen LogP contribution in [0.2, 0.25) is 0 Å². The van der Waals surface area contributed by atoms with Crippen molar-refractivity contribution in [2.24, 2.45) is 11.1 Å². The molecule has 3 heteroatoms. The van der Waals surface area contributed by atoms with Gasteiger partial charge in [0.15, 0.2) is 0 Å². The fourth-order valence-electron chi connectivity index (χ4n) is 0.623. The van der Waals surface area contributed by atoms with Crippen LogP contribution < -0.4 is 0 Å². The maximum atomic E-state index is 8.31. The van der Waals surface area contributed by atoms with Crippen molar-refractivity contribution in [3.63, 3.8) is 0 Å². The van der Waals surface area contributed by atoms with E-state index in [4.69, 9.17) is 10.6 Å². The second-order valence-corrected chi connectivity index (χ2v) is 2.26. The number of rotatable bonds is 2. The predicted octanol–water partition coefficient (Wildman–Crippen LogP) is 1.51. The third-order valence-electron chi connectivity index (χ3n) is 1.04. The van der Waals surface area contributed by atoms with Gasteiger partial charge in [0, 0.05) is 5.92 Å². The molecule has 0 rings (SSSR count). The number of nitrogens with zero attached hydrogens (tertiary/aromatic N) is 1. The van der Waals surface area contributed by atoms with Crippen molar-refractivity contribution in [3.05, 3.63) is 0 Å². The van der Waals surface area contributed by atoms with E-state index in [2.05, 4.69) is 5.16 Å². The summed E-state index contributed by atoms with van der Waals surface area (Å²) in [6.07, 6.45) is 0. The molecule has 0 aromatic heterocycles. The topological polar surface area (TPSA) is 56.4 Å². The lowest BCUT2D eigenvalue weighted by atomic mass is 10.1. The molecule has 9 heavy (non-hydrogen) atoms. The van der Waals surface area contributed by atoms with Crippen LogP contribution in [0, 0.1) is 11.3 Å². The maximum absolute atomic E-state index is 8.31. The molecule has 0 saturated carbocycles. The van der Waals surface area contributed by atoms with Crippen molar-refractivity contribution in [3.8, 4) is 0 Å². The van der Waals surface area contributed by atoms with Gasteiger partial charge in [0.1, 0.15) is 5.71 Å². The van der Waals surface area contributed by atoms with Gasteiger partial charge in [-0.1, -0.05) is 19.0 Å². The zero-order chi connectivity index (χ0) is 7.44. The molecule has 0 spiro atoms. The van der Waals surface area contributed by atoms with Crippen LogP contribution in [0.15, 0.2) is 5.16 Å². The van der Waals surface area contributed by atoms with E-state index in [-0.39, 0.29) is 5.92 Å². The summed E-state index contributed by atoms with van der Waals surface area (Å²) >= 11 is 0. The highest BCUT2D eigenvalue weighted by Crippen LogP contribution is 1.97. The molecule has 52 valence electrons. The van der Waals surface area contributed by atoms with Gasteiger partial charge in [-0.3, -0.25) is 0 Å². The largest absolute Gasteiger partial charge is 0.411 e. The van der Waals surface area contributed by atoms with Gasteiger partial charge in [0.05, 0.1) is 5.71 Å². The molecule has 0 aromatic rings. The number of nitrogens with one attached hydrogen (secondary N) is 1. The first kappa shape index (κ1) is 8.14. The van der Waals surface area contributed by atoms with Gasteiger partial charge >= 0.3 is 0 Å². The Bertz CT molecular complexity index is 138. The Balaban J connectivity index is 4.19. The zero-order valence-corrected chi connectivity index (χ0v) is 5.97. The molecule has 0 unspecified atom stereocenters. The van der Waals surface area contributed by atoms with Crippen LogP contribution in [0.4, 0.5) is 0 Å². The van der Waals surface area contributed by atoms with Crippen LogP contribution in [-0.4, -0.2) is 16.6 Å². The van der Waals surface area contributed by atoms with Crippen molar-refractivity contribution < 1.29 is 5.21 Å². The second kappa shape index (κ2) is 3.22. The van der Waals surface area contributed by atoms with Crippen LogP contribution >= 0.6 is 0 Å². The number of hydrogen-bond acceptors (Lipinski definition) is 3. The first-order chi connectivity index (χ1) is 4.09. The summed E-state index contributed by atoms with van der Waals surface area (Å²) in [4.78, 5) is 0. The van der Waals surface area contributed by atoms with Gasteiger partial charge in [-0.2, -0.15) is 0 Å². The molecule has 0 aliphatic heterocycles. The molecule has 2 N–H and O–H groups in total. The Morgan fingerprint density at radius 3 is 2.00 bits per heavy atom. The third kappa shape index (κ3) is 2.26. The van der Waals surface area contributed by atoms with Crippen LogP contribution in [0.5, 0.6) is 0 Å². The molecule has 0 fully saturated rings. The molecule has 0 radical (unpaired) electrons. The van der Waals surface area contributed by atoms with E-state index in [0.717, 1.165) is 0 Å². The van der Waals surface area contributed by atoms with Crippen molar-refractivity contribution >= 4 is 11.4 Å². The summed E-state index contributed by atoms with van der Waals surface area (Å²) in [5, 5.41) is 18.4. The summed E-state index contributed by atoms with van der Waals surface area (Å²) in [7, 11) is 0. The standard InChI is InChI=1S/C6H12N2O/c1-4(2)6(8-9)5(3)7/h4,7,9H,1-3H3/b7-5?,8-6-. The van der Waals surface area contributed by atoms with Crippen molar-refractivity contribution in [1.82, 2.24) is 0 Å². The highest BCUT2D eigenvalue weighted by molar-refractivity contribution is 6.40. The smallest absolute Gasteiger partial charge is 0.102 e. The van der Waals surface area contributed by atoms with Gasteiger partial charge in [-0.05, 0) is 6.92 Å². The monoisotopic (exact) mass is 128 g/mol. The lowest BCUT2D eigenvalue weighted by molar-refractivity contribution is 0.317. The summed E-state index contributed by atoms with van der Waals surface area (Å²) in [5.74, 6) is 0.132. The summed E-state index contributed by atoms with van der Waals surface area (Å²) in [6, 6.07) is 0. The Kier molecular flexibility index (Phi) is 2.91. The summed E-state index contributed by atoms with van der Waals surface area (Å²) < 4.78 is 0. The Morgan fingerprint density at radius 2 is 2.00 bits per heavy atom. The molecule has 0 atom stereocenters. The van der Waals surface area contributed by atoms with Crippen molar-refractivity contribution in [2.45, 2.75) is 20.8 Å². The molecule has 3 nitrogen and oxygen atoms in total. The van der Waals surface area contributed by atoms with E-state index in [0.29, 0.717) is 11.4 Å². The minimum absolute atomic E-state index is 0.132. The average molecular weight is 128 g/mol. The van der Waals surface area contributed by atoms with Gasteiger partial charge < -0.3 is 10.6 Å². The maximum Gasteiger partial charge on any atom is 0.102 e. The van der Waals surface area contributed by atoms with Crippen molar-refractivity contribution in [2.75, 3.05) is 0 Å². The van der Waals surface area contributed by atoms with E-state index in [1.54, 1.807) is 6.92 Å². The van der Waals surface area contributed by atoms with Gasteiger partial charge in [-0.15, -0.1) is 0 Å². The predicted molar refractivity (Wildman–Crippen MR) is 37.5 cm³/mol. The van der Waals surface area contributed by atoms with Crippen molar-refractivity contribution in [1.29, 1.82) is 5.41 Å². The molecule has 0 aliphatic rings. The van der Waals surface area contributed by atoms with E-state index in [1.165, 1.54) is 0 Å². The Morgan fingerprint density at radius 1 is 1.56 bits per heavy atom. The third-order valence-corrected chi connectivity index (χ3v) is 1.04. The van der Waals surface area contributed by atoms with Crippen LogP contribution in [0.25, 0.3) is 0 Å². The average Bonchev–Trinajstić information content (AvgIpc) is 1.64. The lowest BCUT2D eigenvalue weighted by Gasteiger charge is -2.03. The second-order valence-electron chi connectivity index (χ2n) is 2.26. The lowest BCUT2D eigenvalue weighted by Crippen LogP contribution is -2.15. The molecule has 0 aromatic carbocycles. The molecule has 0 bridgehead atoms. The van der Waals surface area contributed by atoms with E-state index < -0.39 is 0 Å². The SMILES string of the molecule is CC(=N)/C(=N\O)C(C)C. The zero-order valence-electron chi connectivity index (χ0n) is 5.97. The quantitative estimate of drug-likeness (QED) is 0.330. The fraction of sp³-hybridized carbons (Fsp3) is 0.667. The molecule has 0 saturated heterocycles. The molecular formula is C6H12N2O. The van der Waals surface area contributed by atoms with E-state index in [1.807, 2.05) is 13.8 Å². The van der Waals surface area contributed by atoms with E-state index in [9.17, 15) is 0 Å². The summed E-state index contributed by atoms with van der Waals surface area (Å²) in [6.45, 7) is 5.37. The first-order valence-electron chi connectivity index (χ1n) is 2.87. The minimum Gasteiger partial charge on any atom is -0.411 e. The number of hydrogen-bond donors (Lipinski definition) is 2. The van der Waals surface area contributed by atoms with E-state index >= 15 is 0 Å². The highest BCUT2D eigenvalue weighted by atomic mass is 16.4. The normalized spacial score (nSPS) is 12.2. The molecule has 0 aliphatic carbocycles. The molecule has 0 heterocycles. The first-order valence-corrected chi connectivity index (χ1v) is 2.87. The Labute approximate surface area is 54.9 Å². The molecular weight excluding hydrogens is 116 g/mol. The number of oxime groups is 1. The van der Waals surface area contributed by atoms with Gasteiger partial charge in [-0.25, -0.2) is 0 Å².